The van der Waals surface area contributed by atoms with E-state index < -0.39 is 10.8 Å². The van der Waals surface area contributed by atoms with Crippen molar-refractivity contribution in [1.82, 2.24) is 9.80 Å². The Morgan fingerprint density at radius 2 is 1.43 bits per heavy atom. The van der Waals surface area contributed by atoms with Crippen molar-refractivity contribution in [2.24, 2.45) is 27.6 Å². The number of amides is 2. The fraction of sp³-hybridized carbons (Fsp3) is 0.903. The molecule has 1 aliphatic heterocycles. The van der Waals surface area contributed by atoms with E-state index in [4.69, 9.17) is 4.74 Å². The maximum absolute atomic E-state index is 14.0. The van der Waals surface area contributed by atoms with Gasteiger partial charge in [0.05, 0.1) is 6.61 Å². The molecule has 0 radical (unpaired) electrons. The van der Waals surface area contributed by atoms with E-state index in [0.717, 1.165) is 19.3 Å². The summed E-state index contributed by atoms with van der Waals surface area (Å²) < 4.78 is 5.64. The maximum atomic E-state index is 14.0. The van der Waals surface area contributed by atoms with Gasteiger partial charge in [-0.1, -0.05) is 76.2 Å². The first-order valence-corrected chi connectivity index (χ1v) is 14.4. The zero-order valence-electron chi connectivity index (χ0n) is 26.3. The molecule has 0 aromatic heterocycles. The van der Waals surface area contributed by atoms with Crippen LogP contribution in [-0.4, -0.2) is 66.3 Å². The maximum Gasteiger partial charge on any atom is 0.228 e. The van der Waals surface area contributed by atoms with Crippen molar-refractivity contribution in [3.8, 4) is 0 Å². The van der Waals surface area contributed by atoms with Crippen LogP contribution in [0.25, 0.3) is 0 Å². The summed E-state index contributed by atoms with van der Waals surface area (Å²) in [5.41, 5.74) is -1.19. The lowest BCUT2D eigenvalue weighted by atomic mass is 9.71. The van der Waals surface area contributed by atoms with Gasteiger partial charge in [0.15, 0.2) is 0 Å². The van der Waals surface area contributed by atoms with Gasteiger partial charge in [-0.05, 0) is 43.4 Å². The largest absolute Gasteiger partial charge is 0.380 e. The molecule has 1 rings (SSSR count). The monoisotopic (exact) mass is 522 g/mol. The molecule has 0 aliphatic carbocycles. The molecule has 6 heteroatoms. The molecule has 0 aromatic carbocycles. The molecule has 6 nitrogen and oxygen atoms in total. The summed E-state index contributed by atoms with van der Waals surface area (Å²) in [6, 6.07) is 0.0856. The Balaban J connectivity index is 2.98. The Morgan fingerprint density at radius 1 is 0.892 bits per heavy atom. The lowest BCUT2D eigenvalue weighted by Crippen LogP contribution is -2.54. The highest BCUT2D eigenvalue weighted by Crippen LogP contribution is 2.40. The minimum atomic E-state index is -0.603. The Labute approximate surface area is 228 Å². The number of hydrogen-bond acceptors (Lipinski definition) is 4. The molecule has 0 spiro atoms. The van der Waals surface area contributed by atoms with E-state index in [0.29, 0.717) is 45.7 Å². The lowest BCUT2D eigenvalue weighted by molar-refractivity contribution is -0.149. The number of nitrogens with zero attached hydrogens (tertiary/aromatic N) is 2. The number of hydrogen-bond donors (Lipinski definition) is 0. The van der Waals surface area contributed by atoms with Crippen LogP contribution in [0.5, 0.6) is 0 Å². The van der Waals surface area contributed by atoms with Gasteiger partial charge in [-0.25, -0.2) is 0 Å². The van der Waals surface area contributed by atoms with Gasteiger partial charge in [0.1, 0.15) is 5.78 Å². The predicted molar refractivity (Wildman–Crippen MR) is 152 cm³/mol. The van der Waals surface area contributed by atoms with Gasteiger partial charge in [0.25, 0.3) is 0 Å². The Kier molecular flexibility index (Phi) is 11.9. The van der Waals surface area contributed by atoms with Crippen LogP contribution in [0.1, 0.15) is 115 Å². The van der Waals surface area contributed by atoms with Gasteiger partial charge in [-0.3, -0.25) is 14.4 Å². The van der Waals surface area contributed by atoms with Crippen LogP contribution in [-0.2, 0) is 19.1 Å². The third-order valence-corrected chi connectivity index (χ3v) is 7.48. The van der Waals surface area contributed by atoms with E-state index in [2.05, 4.69) is 48.5 Å². The second-order valence-electron chi connectivity index (χ2n) is 14.9. The average Bonchev–Trinajstić information content (AvgIpc) is 2.73. The third-order valence-electron chi connectivity index (χ3n) is 7.48. The second-order valence-corrected chi connectivity index (χ2v) is 14.9. The number of rotatable bonds is 13. The standard InChI is InChI=1S/C31H58N2O4/c1-13-37-19-18-33(27(36)31(11,12)22-29(7,8)20-25(34)23(2)3)24-14-16-32(17-15-24)26(35)30(9,10)21-28(4,5)6/h23-24H,13-22H2,1-12H3. The number of ether oxygens (including phenoxy) is 1. The van der Waals surface area contributed by atoms with Crippen molar-refractivity contribution >= 4 is 17.6 Å². The topological polar surface area (TPSA) is 66.9 Å². The van der Waals surface area contributed by atoms with Gasteiger partial charge < -0.3 is 14.5 Å². The number of likely N-dealkylation sites (tertiary alicyclic amines) is 1. The van der Waals surface area contributed by atoms with Crippen molar-refractivity contribution in [1.29, 1.82) is 0 Å². The van der Waals surface area contributed by atoms with E-state index in [1.54, 1.807) is 0 Å². The number of Topliss-reactive ketones (excluding diaryl/α,β-unsaturated/α-hetero) is 1. The van der Waals surface area contributed by atoms with E-state index in [1.807, 2.05) is 44.4 Å². The molecule has 0 unspecified atom stereocenters. The van der Waals surface area contributed by atoms with Crippen LogP contribution >= 0.6 is 0 Å². The first-order chi connectivity index (χ1) is 16.7. The summed E-state index contributed by atoms with van der Waals surface area (Å²) in [6.45, 7) is 27.7. The van der Waals surface area contributed by atoms with Crippen molar-refractivity contribution in [3.05, 3.63) is 0 Å². The molecule has 0 atom stereocenters. The van der Waals surface area contributed by atoms with E-state index in [-0.39, 0.29) is 40.4 Å². The van der Waals surface area contributed by atoms with Crippen molar-refractivity contribution in [3.63, 3.8) is 0 Å². The molecule has 0 bridgehead atoms. The zero-order valence-corrected chi connectivity index (χ0v) is 26.3. The molecule has 0 aromatic rings. The van der Waals surface area contributed by atoms with Crippen LogP contribution in [0.15, 0.2) is 0 Å². The molecule has 0 saturated carbocycles. The molecule has 2 amide bonds. The van der Waals surface area contributed by atoms with Gasteiger partial charge >= 0.3 is 0 Å². The molecule has 1 saturated heterocycles. The molecule has 1 fully saturated rings. The zero-order chi connectivity index (χ0) is 28.8. The normalized spacial score (nSPS) is 16.3. The fourth-order valence-electron chi connectivity index (χ4n) is 6.37. The average molecular weight is 523 g/mol. The van der Waals surface area contributed by atoms with Crippen LogP contribution in [0.3, 0.4) is 0 Å². The highest BCUT2D eigenvalue weighted by molar-refractivity contribution is 5.84. The molecular formula is C31H58N2O4. The van der Waals surface area contributed by atoms with E-state index in [1.165, 1.54) is 0 Å². The first-order valence-electron chi connectivity index (χ1n) is 14.4. The van der Waals surface area contributed by atoms with Crippen LogP contribution < -0.4 is 0 Å². The second kappa shape index (κ2) is 13.1. The SMILES string of the molecule is CCOCCN(C(=O)C(C)(C)CC(C)(C)CC(=O)C(C)C)C1CCN(C(=O)C(C)(C)CC(C)(C)C)CC1. The van der Waals surface area contributed by atoms with Crippen LogP contribution in [0.4, 0.5) is 0 Å². The minimum absolute atomic E-state index is 0.00190. The van der Waals surface area contributed by atoms with E-state index in [9.17, 15) is 14.4 Å². The number of carbonyl (C=O) groups is 3. The summed E-state index contributed by atoms with van der Waals surface area (Å²) >= 11 is 0. The number of ketones is 1. The quantitative estimate of drug-likeness (QED) is 0.264. The summed E-state index contributed by atoms with van der Waals surface area (Å²) in [5.74, 6) is 0.579. The van der Waals surface area contributed by atoms with E-state index >= 15 is 0 Å². The fourth-order valence-corrected chi connectivity index (χ4v) is 6.37. The smallest absolute Gasteiger partial charge is 0.228 e. The Hall–Kier alpha value is -1.43. The third kappa shape index (κ3) is 10.7. The molecule has 1 aliphatic rings. The van der Waals surface area contributed by atoms with Gasteiger partial charge in [-0.2, -0.15) is 0 Å². The number of carbonyl (C=O) groups excluding carboxylic acids is 3. The van der Waals surface area contributed by atoms with Crippen LogP contribution in [0.2, 0.25) is 0 Å². The highest BCUT2D eigenvalue weighted by Gasteiger charge is 2.42. The molecule has 1 heterocycles. The summed E-state index contributed by atoms with van der Waals surface area (Å²) in [7, 11) is 0. The lowest BCUT2D eigenvalue weighted by Gasteiger charge is -2.44. The Morgan fingerprint density at radius 3 is 1.89 bits per heavy atom. The first kappa shape index (κ1) is 33.6. The summed E-state index contributed by atoms with van der Waals surface area (Å²) in [5, 5.41) is 0. The molecule has 216 valence electrons. The van der Waals surface area contributed by atoms with Gasteiger partial charge in [-0.15, -0.1) is 0 Å². The summed E-state index contributed by atoms with van der Waals surface area (Å²) in [4.78, 5) is 43.8. The summed E-state index contributed by atoms with van der Waals surface area (Å²) in [6.07, 6.45) is 3.51. The van der Waals surface area contributed by atoms with Crippen molar-refractivity contribution in [2.75, 3.05) is 32.8 Å². The highest BCUT2D eigenvalue weighted by atomic mass is 16.5. The predicted octanol–water partition coefficient (Wildman–Crippen LogP) is 6.36. The van der Waals surface area contributed by atoms with Gasteiger partial charge in [0.2, 0.25) is 11.8 Å². The molecule has 37 heavy (non-hydrogen) atoms. The molecular weight excluding hydrogens is 464 g/mol. The minimum Gasteiger partial charge on any atom is -0.380 e. The van der Waals surface area contributed by atoms with Crippen molar-refractivity contribution < 1.29 is 19.1 Å². The van der Waals surface area contributed by atoms with Crippen molar-refractivity contribution in [2.45, 2.75) is 121 Å². The Bertz CT molecular complexity index is 769. The van der Waals surface area contributed by atoms with Crippen LogP contribution in [0, 0.1) is 27.6 Å². The molecule has 0 N–H and O–H groups in total. The number of piperidine rings is 1. The van der Waals surface area contributed by atoms with Gasteiger partial charge in [0, 0.05) is 55.5 Å².